The second kappa shape index (κ2) is 6.23. The maximum Gasteiger partial charge on any atom is 0.161 e. The number of allylic oxidation sites excluding steroid dienone is 1. The molecule has 1 aromatic heterocycles. The molecule has 1 aromatic carbocycles. The van der Waals surface area contributed by atoms with Crippen LogP contribution in [0, 0.1) is 0 Å². The third kappa shape index (κ3) is 2.99. The van der Waals surface area contributed by atoms with Gasteiger partial charge in [-0.15, -0.1) is 0 Å². The number of hydrogen-bond donors (Lipinski definition) is 0. The molecule has 0 aliphatic carbocycles. The van der Waals surface area contributed by atoms with E-state index in [0.29, 0.717) is 0 Å². The number of carbonyl (C=O) groups excluding carboxylic acids is 1. The second-order valence-corrected chi connectivity index (χ2v) is 5.62. The van der Waals surface area contributed by atoms with E-state index in [1.807, 2.05) is 24.3 Å². The zero-order chi connectivity index (χ0) is 15.5. The van der Waals surface area contributed by atoms with Gasteiger partial charge in [-0.05, 0) is 25.3 Å². The van der Waals surface area contributed by atoms with Gasteiger partial charge in [0, 0.05) is 26.2 Å². The number of piperazine rings is 1. The molecular formula is C17H20N4O. The highest BCUT2D eigenvalue weighted by molar-refractivity contribution is 5.92. The van der Waals surface area contributed by atoms with Crippen molar-refractivity contribution in [3.05, 3.63) is 42.6 Å². The van der Waals surface area contributed by atoms with E-state index in [1.165, 1.54) is 6.08 Å². The first-order valence-electron chi connectivity index (χ1n) is 7.52. The Balaban J connectivity index is 2.02. The van der Waals surface area contributed by atoms with Gasteiger partial charge in [0.05, 0.1) is 23.1 Å². The average molecular weight is 296 g/mol. The Morgan fingerprint density at radius 3 is 2.45 bits per heavy atom. The summed E-state index contributed by atoms with van der Waals surface area (Å²) in [5.74, 6) is 0.807. The van der Waals surface area contributed by atoms with E-state index in [-0.39, 0.29) is 12.2 Å². The van der Waals surface area contributed by atoms with E-state index in [2.05, 4.69) is 28.4 Å². The molecular weight excluding hydrogens is 276 g/mol. The zero-order valence-electron chi connectivity index (χ0n) is 12.8. The Hall–Kier alpha value is -2.27. The molecule has 5 heteroatoms. The summed E-state index contributed by atoms with van der Waals surface area (Å²) < 4.78 is 0. The van der Waals surface area contributed by atoms with Crippen LogP contribution in [-0.2, 0) is 11.2 Å². The van der Waals surface area contributed by atoms with Gasteiger partial charge < -0.3 is 9.80 Å². The molecule has 0 spiro atoms. The molecule has 5 nitrogen and oxygen atoms in total. The fourth-order valence-corrected chi connectivity index (χ4v) is 2.65. The third-order valence-electron chi connectivity index (χ3n) is 3.99. The Labute approximate surface area is 130 Å². The summed E-state index contributed by atoms with van der Waals surface area (Å²) in [4.78, 5) is 25.8. The molecule has 114 valence electrons. The first-order valence-corrected chi connectivity index (χ1v) is 7.52. The standard InChI is InChI=1S/C17H20N4O/c1-3-13(22)12-16-17(21-10-8-20(2)9-11-21)19-15-7-5-4-6-14(15)18-16/h3-7H,1,8-12H2,2H3. The van der Waals surface area contributed by atoms with Crippen molar-refractivity contribution in [1.29, 1.82) is 0 Å². The quantitative estimate of drug-likeness (QED) is 0.803. The van der Waals surface area contributed by atoms with Crippen molar-refractivity contribution in [2.24, 2.45) is 0 Å². The Morgan fingerprint density at radius 2 is 1.82 bits per heavy atom. The van der Waals surface area contributed by atoms with E-state index in [4.69, 9.17) is 4.98 Å². The van der Waals surface area contributed by atoms with Crippen LogP contribution in [0.3, 0.4) is 0 Å². The van der Waals surface area contributed by atoms with E-state index in [1.54, 1.807) is 0 Å². The van der Waals surface area contributed by atoms with Crippen LogP contribution in [-0.4, -0.2) is 53.9 Å². The average Bonchev–Trinajstić information content (AvgIpc) is 2.55. The minimum Gasteiger partial charge on any atom is -0.353 e. The van der Waals surface area contributed by atoms with Gasteiger partial charge in [0.25, 0.3) is 0 Å². The number of para-hydroxylation sites is 2. The molecule has 1 saturated heterocycles. The Bertz CT molecular complexity index is 705. The fraction of sp³-hybridized carbons (Fsp3) is 0.353. The number of likely N-dealkylation sites (N-methyl/N-ethyl adjacent to an activating group) is 1. The molecule has 1 fully saturated rings. The topological polar surface area (TPSA) is 49.3 Å². The van der Waals surface area contributed by atoms with Crippen LogP contribution >= 0.6 is 0 Å². The number of ketones is 1. The number of nitrogens with zero attached hydrogens (tertiary/aromatic N) is 4. The van der Waals surface area contributed by atoms with Crippen LogP contribution in [0.1, 0.15) is 5.69 Å². The Morgan fingerprint density at radius 1 is 1.18 bits per heavy atom. The van der Waals surface area contributed by atoms with E-state index in [9.17, 15) is 4.79 Å². The molecule has 0 radical (unpaired) electrons. The van der Waals surface area contributed by atoms with Gasteiger partial charge in [0.1, 0.15) is 0 Å². The van der Waals surface area contributed by atoms with Gasteiger partial charge in [-0.2, -0.15) is 0 Å². The van der Waals surface area contributed by atoms with Crippen molar-refractivity contribution in [3.8, 4) is 0 Å². The van der Waals surface area contributed by atoms with Gasteiger partial charge >= 0.3 is 0 Å². The maximum atomic E-state index is 11.8. The number of benzene rings is 1. The van der Waals surface area contributed by atoms with E-state index < -0.39 is 0 Å². The van der Waals surface area contributed by atoms with Crippen molar-refractivity contribution in [2.45, 2.75) is 6.42 Å². The van der Waals surface area contributed by atoms with Crippen molar-refractivity contribution < 1.29 is 4.79 Å². The minimum atomic E-state index is -0.0278. The summed E-state index contributed by atoms with van der Waals surface area (Å²) in [6, 6.07) is 7.78. The summed E-state index contributed by atoms with van der Waals surface area (Å²) in [5, 5.41) is 0. The first kappa shape index (κ1) is 14.7. The Kier molecular flexibility index (Phi) is 4.15. The summed E-state index contributed by atoms with van der Waals surface area (Å²) in [6.07, 6.45) is 1.60. The lowest BCUT2D eigenvalue weighted by atomic mass is 10.1. The molecule has 0 bridgehead atoms. The zero-order valence-corrected chi connectivity index (χ0v) is 12.8. The van der Waals surface area contributed by atoms with Crippen LogP contribution in [0.25, 0.3) is 11.0 Å². The van der Waals surface area contributed by atoms with Crippen LogP contribution in [0.5, 0.6) is 0 Å². The molecule has 0 atom stereocenters. The van der Waals surface area contributed by atoms with Gasteiger partial charge in [-0.25, -0.2) is 9.97 Å². The normalized spacial score (nSPS) is 16.0. The van der Waals surface area contributed by atoms with Gasteiger partial charge in [0.15, 0.2) is 11.6 Å². The molecule has 0 amide bonds. The molecule has 3 rings (SSSR count). The number of aromatic nitrogens is 2. The lowest BCUT2D eigenvalue weighted by molar-refractivity contribution is -0.114. The number of carbonyl (C=O) groups is 1. The molecule has 0 N–H and O–H groups in total. The van der Waals surface area contributed by atoms with Gasteiger partial charge in [0.2, 0.25) is 0 Å². The highest BCUT2D eigenvalue weighted by Crippen LogP contribution is 2.22. The van der Waals surface area contributed by atoms with Crippen molar-refractivity contribution >= 4 is 22.6 Å². The first-order chi connectivity index (χ1) is 10.7. The summed E-state index contributed by atoms with van der Waals surface area (Å²) in [5.41, 5.74) is 2.44. The minimum absolute atomic E-state index is 0.0278. The summed E-state index contributed by atoms with van der Waals surface area (Å²) >= 11 is 0. The molecule has 2 aromatic rings. The van der Waals surface area contributed by atoms with E-state index >= 15 is 0 Å². The highest BCUT2D eigenvalue weighted by Gasteiger charge is 2.20. The lowest BCUT2D eigenvalue weighted by Gasteiger charge is -2.34. The molecule has 0 saturated carbocycles. The molecule has 0 unspecified atom stereocenters. The maximum absolute atomic E-state index is 11.8. The molecule has 2 heterocycles. The predicted molar refractivity (Wildman–Crippen MR) is 88.2 cm³/mol. The molecule has 1 aliphatic rings. The van der Waals surface area contributed by atoms with Crippen LogP contribution in [0.15, 0.2) is 36.9 Å². The largest absolute Gasteiger partial charge is 0.353 e. The molecule has 22 heavy (non-hydrogen) atoms. The van der Waals surface area contributed by atoms with Gasteiger partial charge in [-0.1, -0.05) is 18.7 Å². The monoisotopic (exact) mass is 296 g/mol. The number of rotatable bonds is 4. The van der Waals surface area contributed by atoms with Gasteiger partial charge in [-0.3, -0.25) is 4.79 Å². The van der Waals surface area contributed by atoms with E-state index in [0.717, 1.165) is 48.7 Å². The van der Waals surface area contributed by atoms with Crippen molar-refractivity contribution in [3.63, 3.8) is 0 Å². The highest BCUT2D eigenvalue weighted by atomic mass is 16.1. The second-order valence-electron chi connectivity index (χ2n) is 5.62. The smallest absolute Gasteiger partial charge is 0.161 e. The predicted octanol–water partition coefficient (Wildman–Crippen LogP) is 1.68. The fourth-order valence-electron chi connectivity index (χ4n) is 2.65. The molecule has 1 aliphatic heterocycles. The van der Waals surface area contributed by atoms with Crippen molar-refractivity contribution in [1.82, 2.24) is 14.9 Å². The number of fused-ring (bicyclic) bond motifs is 1. The van der Waals surface area contributed by atoms with Crippen LogP contribution in [0.2, 0.25) is 0 Å². The SMILES string of the molecule is C=CC(=O)Cc1nc2ccccc2nc1N1CCN(C)CC1. The van der Waals surface area contributed by atoms with Crippen molar-refractivity contribution in [2.75, 3.05) is 38.1 Å². The number of anilines is 1. The third-order valence-corrected chi connectivity index (χ3v) is 3.99. The van der Waals surface area contributed by atoms with Crippen LogP contribution in [0.4, 0.5) is 5.82 Å². The van der Waals surface area contributed by atoms with Crippen LogP contribution < -0.4 is 4.90 Å². The summed E-state index contributed by atoms with van der Waals surface area (Å²) in [7, 11) is 2.12. The number of hydrogen-bond acceptors (Lipinski definition) is 5. The summed E-state index contributed by atoms with van der Waals surface area (Å²) in [6.45, 7) is 7.34. The lowest BCUT2D eigenvalue weighted by Crippen LogP contribution is -2.45.